The van der Waals surface area contributed by atoms with Crippen molar-refractivity contribution in [2.24, 2.45) is 11.8 Å². The topological polar surface area (TPSA) is 96.4 Å². The zero-order valence-corrected chi connectivity index (χ0v) is 22.6. The van der Waals surface area contributed by atoms with Gasteiger partial charge in [-0.15, -0.1) is 11.8 Å². The third-order valence-electron chi connectivity index (χ3n) is 8.04. The molecule has 0 radical (unpaired) electrons. The van der Waals surface area contributed by atoms with Gasteiger partial charge in [0.25, 0.3) is 5.91 Å². The fraction of sp³-hybridized carbons (Fsp3) is 0.552. The number of cyclic esters (lactones) is 1. The number of carbonyl (C=O) groups is 3. The molecule has 2 fully saturated rings. The number of nitrogens with zero attached hydrogens (tertiary/aromatic N) is 2. The van der Waals surface area contributed by atoms with E-state index in [0.717, 1.165) is 31.4 Å². The van der Waals surface area contributed by atoms with Crippen molar-refractivity contribution in [1.29, 1.82) is 0 Å². The minimum atomic E-state index is -0.862. The number of fused-ring (bicyclic) bond motifs is 2. The van der Waals surface area contributed by atoms with Crippen molar-refractivity contribution in [1.82, 2.24) is 4.90 Å². The molecule has 4 heterocycles. The molecule has 9 heteroatoms. The molecule has 1 spiro atoms. The Hall–Kier alpha value is -2.78. The fourth-order valence-corrected chi connectivity index (χ4v) is 8.22. The number of unbranched alkanes of at least 4 members (excludes halogenated alkanes) is 2. The van der Waals surface area contributed by atoms with Gasteiger partial charge in [-0.1, -0.05) is 24.3 Å². The van der Waals surface area contributed by atoms with E-state index in [1.54, 1.807) is 28.7 Å². The molecule has 4 aliphatic rings. The Kier molecular flexibility index (Phi) is 8.14. The van der Waals surface area contributed by atoms with Gasteiger partial charge in [-0.3, -0.25) is 14.4 Å². The van der Waals surface area contributed by atoms with E-state index < -0.39 is 22.6 Å². The van der Waals surface area contributed by atoms with E-state index in [9.17, 15) is 19.5 Å². The van der Waals surface area contributed by atoms with E-state index in [1.807, 2.05) is 36.4 Å². The highest BCUT2D eigenvalue weighted by atomic mass is 32.2. The summed E-state index contributed by atoms with van der Waals surface area (Å²) in [5.41, 5.74) is 0.731. The van der Waals surface area contributed by atoms with Crippen molar-refractivity contribution in [2.75, 3.05) is 38.3 Å². The smallest absolute Gasteiger partial charge is 0.311 e. The zero-order chi connectivity index (χ0) is 26.7. The Labute approximate surface area is 228 Å². The van der Waals surface area contributed by atoms with Crippen LogP contribution in [0.25, 0.3) is 0 Å². The fourth-order valence-electron chi connectivity index (χ4n) is 6.22. The minimum absolute atomic E-state index is 0.0919. The van der Waals surface area contributed by atoms with E-state index in [2.05, 4.69) is 12.2 Å². The monoisotopic (exact) mass is 540 g/mol. The van der Waals surface area contributed by atoms with E-state index in [-0.39, 0.29) is 29.6 Å². The summed E-state index contributed by atoms with van der Waals surface area (Å²) in [4.78, 5) is 45.3. The predicted octanol–water partition coefficient (Wildman–Crippen LogP) is 3.34. The number of carbonyl (C=O) groups excluding carboxylic acids is 3. The van der Waals surface area contributed by atoms with Crippen LogP contribution in [0.1, 0.15) is 38.5 Å². The van der Waals surface area contributed by atoms with Crippen LogP contribution in [0.15, 0.2) is 48.6 Å². The molecular formula is C29H36N2O6S. The van der Waals surface area contributed by atoms with E-state index in [0.29, 0.717) is 38.3 Å². The molecule has 204 valence electrons. The average Bonchev–Trinajstić information content (AvgIpc) is 3.31. The quantitative estimate of drug-likeness (QED) is 0.322. The van der Waals surface area contributed by atoms with Gasteiger partial charge in [0.2, 0.25) is 5.91 Å². The molecule has 2 amide bonds. The molecule has 0 saturated carbocycles. The van der Waals surface area contributed by atoms with Gasteiger partial charge in [0.1, 0.15) is 11.8 Å². The number of amides is 2. The molecule has 1 N–H and O–H groups in total. The molecular weight excluding hydrogens is 504 g/mol. The van der Waals surface area contributed by atoms with Gasteiger partial charge in [0, 0.05) is 30.6 Å². The molecule has 1 unspecified atom stereocenters. The summed E-state index contributed by atoms with van der Waals surface area (Å²) in [7, 11) is 1.60. The number of hydrogen-bond acceptors (Lipinski definition) is 7. The van der Waals surface area contributed by atoms with E-state index in [1.165, 1.54) is 0 Å². The summed E-state index contributed by atoms with van der Waals surface area (Å²) in [5, 5.41) is 9.00. The molecule has 38 heavy (non-hydrogen) atoms. The Balaban J connectivity index is 1.54. The number of aliphatic hydroxyl groups is 1. The van der Waals surface area contributed by atoms with Crippen molar-refractivity contribution < 1.29 is 29.0 Å². The number of likely N-dealkylation sites (tertiary alicyclic amines) is 1. The summed E-state index contributed by atoms with van der Waals surface area (Å²) in [6.07, 6.45) is 12.9. The van der Waals surface area contributed by atoms with Gasteiger partial charge >= 0.3 is 5.97 Å². The van der Waals surface area contributed by atoms with Crippen LogP contribution < -0.4 is 9.64 Å². The second kappa shape index (κ2) is 11.5. The number of methoxy groups -OCH3 is 1. The lowest BCUT2D eigenvalue weighted by Gasteiger charge is -2.35. The lowest BCUT2D eigenvalue weighted by Crippen LogP contribution is -2.53. The van der Waals surface area contributed by atoms with Gasteiger partial charge in [-0.05, 0) is 62.8 Å². The van der Waals surface area contributed by atoms with Crippen LogP contribution in [-0.4, -0.2) is 77.2 Å². The molecule has 5 rings (SSSR count). The van der Waals surface area contributed by atoms with Crippen molar-refractivity contribution in [3.05, 3.63) is 48.6 Å². The number of hydrogen-bond donors (Lipinski definition) is 1. The van der Waals surface area contributed by atoms with E-state index in [4.69, 9.17) is 9.47 Å². The van der Waals surface area contributed by atoms with Crippen LogP contribution in [0, 0.1) is 11.8 Å². The second-order valence-corrected chi connectivity index (χ2v) is 11.8. The number of anilines is 1. The van der Waals surface area contributed by atoms with Crippen LogP contribution in [-0.2, 0) is 19.1 Å². The number of rotatable bonds is 7. The normalized spacial score (nSPS) is 31.8. The number of ether oxygens (including phenoxy) is 2. The zero-order valence-electron chi connectivity index (χ0n) is 21.8. The molecule has 0 bridgehead atoms. The maximum absolute atomic E-state index is 14.4. The number of allylic oxidation sites excluding steroid dienone is 1. The number of esters is 1. The summed E-state index contributed by atoms with van der Waals surface area (Å²) < 4.78 is 10.1. The van der Waals surface area contributed by atoms with Crippen LogP contribution in [0.4, 0.5) is 5.69 Å². The van der Waals surface area contributed by atoms with Gasteiger partial charge in [0.05, 0.1) is 30.3 Å². The molecule has 2 saturated heterocycles. The van der Waals surface area contributed by atoms with Crippen LogP contribution >= 0.6 is 11.8 Å². The molecule has 1 aromatic carbocycles. The van der Waals surface area contributed by atoms with Crippen LogP contribution in [0.5, 0.6) is 5.75 Å². The second-order valence-electron chi connectivity index (χ2n) is 10.3. The lowest BCUT2D eigenvalue weighted by atomic mass is 9.78. The maximum atomic E-state index is 14.4. The summed E-state index contributed by atoms with van der Waals surface area (Å²) in [6.45, 7) is 1.22. The minimum Gasteiger partial charge on any atom is -0.497 e. The molecule has 1 aromatic rings. The molecule has 8 nitrogen and oxygen atoms in total. The summed E-state index contributed by atoms with van der Waals surface area (Å²) >= 11 is 1.57. The molecule has 0 aliphatic carbocycles. The Morgan fingerprint density at radius 3 is 2.66 bits per heavy atom. The lowest BCUT2D eigenvalue weighted by molar-refractivity contribution is -0.153. The highest BCUT2D eigenvalue weighted by molar-refractivity contribution is 8.02. The van der Waals surface area contributed by atoms with Gasteiger partial charge in [-0.25, -0.2) is 0 Å². The van der Waals surface area contributed by atoms with Crippen molar-refractivity contribution in [2.45, 2.75) is 54.6 Å². The highest BCUT2D eigenvalue weighted by Gasteiger charge is 2.70. The molecule has 5 atom stereocenters. The summed E-state index contributed by atoms with van der Waals surface area (Å²) in [5.74, 6) is -1.26. The highest BCUT2D eigenvalue weighted by Crippen LogP contribution is 2.60. The van der Waals surface area contributed by atoms with Crippen molar-refractivity contribution in [3.8, 4) is 5.75 Å². The third-order valence-corrected chi connectivity index (χ3v) is 9.79. The van der Waals surface area contributed by atoms with Crippen LogP contribution in [0.2, 0.25) is 0 Å². The van der Waals surface area contributed by atoms with E-state index >= 15 is 0 Å². The Morgan fingerprint density at radius 1 is 1.08 bits per heavy atom. The first-order chi connectivity index (χ1) is 18.5. The first-order valence-electron chi connectivity index (χ1n) is 13.6. The van der Waals surface area contributed by atoms with Gasteiger partial charge in [0.15, 0.2) is 0 Å². The first-order valence-corrected chi connectivity index (χ1v) is 14.5. The number of benzene rings is 1. The largest absolute Gasteiger partial charge is 0.497 e. The predicted molar refractivity (Wildman–Crippen MR) is 146 cm³/mol. The number of aliphatic hydroxyl groups excluding tert-OH is 1. The average molecular weight is 541 g/mol. The Bertz CT molecular complexity index is 1100. The van der Waals surface area contributed by atoms with Crippen molar-refractivity contribution in [3.63, 3.8) is 0 Å². The first kappa shape index (κ1) is 26.8. The third kappa shape index (κ3) is 4.75. The Morgan fingerprint density at radius 2 is 1.89 bits per heavy atom. The number of thioether (sulfide) groups is 1. The van der Waals surface area contributed by atoms with Crippen molar-refractivity contribution >= 4 is 35.2 Å². The molecule has 4 aliphatic heterocycles. The van der Waals surface area contributed by atoms with Gasteiger partial charge < -0.3 is 24.4 Å². The SMILES string of the molecule is COc1ccc(N2CC=C[C@]34S[C@H]5/C=C\CCCCOC(=O)[C@H]5[C@H]3C(=O)N(CCCCCO)C4C2=O)cc1. The standard InChI is InChI=1S/C29H36N2O6S/c1-36-21-13-11-20(12-14-21)30-17-9-15-29-24(23-22(38-29)10-5-2-3-8-19-37-28(23)35)26(33)31(25(29)27(30)34)16-6-4-7-18-32/h5,9-15,22-25,32H,2-4,6-8,16-19H2,1H3/b10-5-/t22-,23+,24-,25?,29-/m0/s1. The molecule has 0 aromatic heterocycles. The summed E-state index contributed by atoms with van der Waals surface area (Å²) in [6, 6.07) is 6.61. The van der Waals surface area contributed by atoms with Gasteiger partial charge in [-0.2, -0.15) is 0 Å². The maximum Gasteiger partial charge on any atom is 0.311 e. The van der Waals surface area contributed by atoms with Crippen LogP contribution in [0.3, 0.4) is 0 Å².